The normalized spacial score (nSPS) is 18.7. The molecule has 1 aliphatic carbocycles. The second kappa shape index (κ2) is 11.3. The summed E-state index contributed by atoms with van der Waals surface area (Å²) in [6.45, 7) is 2.67. The highest BCUT2D eigenvalue weighted by Crippen LogP contribution is 2.50. The van der Waals surface area contributed by atoms with Crippen molar-refractivity contribution in [1.29, 1.82) is 0 Å². The summed E-state index contributed by atoms with van der Waals surface area (Å²) < 4.78 is 66.5. The molecule has 1 unspecified atom stereocenters. The molecule has 47 heavy (non-hydrogen) atoms. The largest absolute Gasteiger partial charge is 0.494 e. The summed E-state index contributed by atoms with van der Waals surface area (Å²) in [7, 11) is 1.44. The summed E-state index contributed by atoms with van der Waals surface area (Å²) in [5, 5.41) is 15.9. The van der Waals surface area contributed by atoms with Crippen LogP contribution in [-0.4, -0.2) is 47.2 Å². The molecule has 2 aromatic carbocycles. The Labute approximate surface area is 271 Å². The number of aliphatic hydroxyl groups is 1. The fraction of sp³-hybridized carbons (Fsp3) is 0.333. The number of halogens is 5. The number of aromatic nitrogens is 2. The van der Waals surface area contributed by atoms with Gasteiger partial charge >= 0.3 is 6.18 Å². The van der Waals surface area contributed by atoms with Crippen LogP contribution in [0.3, 0.4) is 0 Å². The number of pyridine rings is 2. The number of nitrogens with zero attached hydrogens (tertiary/aromatic N) is 2. The number of methoxy groups -OCH3 is 1. The lowest BCUT2D eigenvalue weighted by Gasteiger charge is -2.30. The predicted molar refractivity (Wildman–Crippen MR) is 164 cm³/mol. The zero-order valence-corrected chi connectivity index (χ0v) is 26.1. The van der Waals surface area contributed by atoms with Crippen LogP contribution in [0.4, 0.5) is 17.6 Å². The minimum atomic E-state index is -5.01. The third kappa shape index (κ3) is 5.61. The number of fused-ring (bicyclic) bond motifs is 2. The molecule has 9 nitrogen and oxygen atoms in total. The zero-order chi connectivity index (χ0) is 34.1. The summed E-state index contributed by atoms with van der Waals surface area (Å²) in [5.41, 5.74) is 2.13. The molecule has 1 aliphatic heterocycles. The Bertz CT molecular complexity index is 1970. The van der Waals surface area contributed by atoms with Gasteiger partial charge in [0.25, 0.3) is 5.91 Å². The number of carbonyl (C=O) groups excluding carboxylic acids is 2. The lowest BCUT2D eigenvalue weighted by molar-refractivity contribution is -0.140. The number of nitrogens with two attached hydrogens (primary N) is 1. The Kier molecular flexibility index (Phi) is 7.83. The Morgan fingerprint density at radius 2 is 1.89 bits per heavy atom. The lowest BCUT2D eigenvalue weighted by atomic mass is 9.81. The Hall–Kier alpha value is -4.49. The van der Waals surface area contributed by atoms with Crippen molar-refractivity contribution in [3.8, 4) is 22.8 Å². The number of hydrogen-bond donors (Lipinski definition) is 3. The monoisotopic (exact) mass is 672 g/mol. The van der Waals surface area contributed by atoms with Gasteiger partial charge in [-0.3, -0.25) is 9.59 Å². The molecule has 2 aromatic heterocycles. The van der Waals surface area contributed by atoms with Crippen molar-refractivity contribution in [3.05, 3.63) is 81.4 Å². The van der Waals surface area contributed by atoms with E-state index in [0.29, 0.717) is 52.3 Å². The van der Waals surface area contributed by atoms with Crippen molar-refractivity contribution in [2.24, 2.45) is 11.7 Å². The zero-order valence-electron chi connectivity index (χ0n) is 25.4. The number of ether oxygens (including phenoxy) is 2. The third-order valence-corrected chi connectivity index (χ3v) is 9.25. The quantitative estimate of drug-likeness (QED) is 0.208. The van der Waals surface area contributed by atoms with Crippen LogP contribution in [0, 0.1) is 18.7 Å². The van der Waals surface area contributed by atoms with Gasteiger partial charge in [0.05, 0.1) is 35.6 Å². The van der Waals surface area contributed by atoms with Crippen LogP contribution >= 0.6 is 11.6 Å². The molecule has 4 N–H and O–H groups in total. The van der Waals surface area contributed by atoms with E-state index < -0.39 is 40.4 Å². The Morgan fingerprint density at radius 3 is 2.53 bits per heavy atom. The first kappa shape index (κ1) is 32.5. The third-order valence-electron chi connectivity index (χ3n) is 8.87. The maximum atomic E-state index is 14.2. The number of alkyl halides is 3. The van der Waals surface area contributed by atoms with Crippen molar-refractivity contribution >= 4 is 34.3 Å². The van der Waals surface area contributed by atoms with Gasteiger partial charge in [-0.15, -0.1) is 0 Å². The summed E-state index contributed by atoms with van der Waals surface area (Å²) >= 11 is 6.27. The average molecular weight is 673 g/mol. The van der Waals surface area contributed by atoms with Gasteiger partial charge in [0.2, 0.25) is 5.91 Å². The summed E-state index contributed by atoms with van der Waals surface area (Å²) in [6, 6.07) is 8.54. The summed E-state index contributed by atoms with van der Waals surface area (Å²) in [5.74, 6) is -2.89. The first-order chi connectivity index (χ1) is 22.1. The van der Waals surface area contributed by atoms with E-state index in [2.05, 4.69) is 15.3 Å². The molecule has 1 fully saturated rings. The van der Waals surface area contributed by atoms with Gasteiger partial charge in [-0.25, -0.2) is 14.4 Å². The van der Waals surface area contributed by atoms with Gasteiger partial charge in [0.15, 0.2) is 0 Å². The van der Waals surface area contributed by atoms with E-state index in [9.17, 15) is 32.3 Å². The second-order valence-electron chi connectivity index (χ2n) is 12.1. The molecule has 0 bridgehead atoms. The minimum absolute atomic E-state index is 0.0114. The molecule has 6 rings (SSSR count). The predicted octanol–water partition coefficient (Wildman–Crippen LogP) is 5.59. The van der Waals surface area contributed by atoms with Gasteiger partial charge in [-0.05, 0) is 75.1 Å². The van der Waals surface area contributed by atoms with Gasteiger partial charge in [-0.2, -0.15) is 13.2 Å². The van der Waals surface area contributed by atoms with E-state index in [1.54, 1.807) is 19.1 Å². The number of hydrogen-bond acceptors (Lipinski definition) is 7. The van der Waals surface area contributed by atoms with Crippen LogP contribution in [0.2, 0.25) is 5.02 Å². The first-order valence-electron chi connectivity index (χ1n) is 14.6. The number of carbonyl (C=O) groups is 2. The van der Waals surface area contributed by atoms with Crippen LogP contribution in [0.25, 0.3) is 22.2 Å². The Morgan fingerprint density at radius 1 is 1.17 bits per heavy atom. The summed E-state index contributed by atoms with van der Waals surface area (Å²) in [4.78, 5) is 35.1. The van der Waals surface area contributed by atoms with Crippen molar-refractivity contribution in [1.82, 2.24) is 15.3 Å². The maximum Gasteiger partial charge on any atom is 0.419 e. The summed E-state index contributed by atoms with van der Waals surface area (Å²) in [6.07, 6.45) is -3.88. The molecule has 246 valence electrons. The second-order valence-corrected chi connectivity index (χ2v) is 12.5. The molecule has 0 saturated heterocycles. The highest BCUT2D eigenvalue weighted by Gasteiger charge is 2.50. The number of benzene rings is 2. The minimum Gasteiger partial charge on any atom is -0.494 e. The average Bonchev–Trinajstić information content (AvgIpc) is 3.83. The molecule has 2 aliphatic rings. The standard InChI is InChI=1S/C33H29ClF4N4O5/c1-15-22(34)10-17-8-18(11-24(46-3)26(17)41-15)29(43)40-13-32(45,19-5-6-19)25-12-21-28(47-14-31(21,2)30(39)44)27(42-25)16-4-7-23(35)20(9-16)33(36,37)38/h4,7-12,19,45H,5-6,13-14H2,1-3H3,(H2,39,44)(H,40,43)/t31-,32?/m0/s1. The highest BCUT2D eigenvalue weighted by atomic mass is 35.5. The van der Waals surface area contributed by atoms with Crippen LogP contribution in [0.1, 0.15) is 52.6 Å². The molecule has 0 radical (unpaired) electrons. The molecule has 2 atom stereocenters. The van der Waals surface area contributed by atoms with E-state index in [0.717, 1.165) is 6.07 Å². The van der Waals surface area contributed by atoms with Crippen LogP contribution in [0.5, 0.6) is 11.5 Å². The molecule has 0 spiro atoms. The van der Waals surface area contributed by atoms with E-state index >= 15 is 0 Å². The first-order valence-corrected chi connectivity index (χ1v) is 15.0. The number of primary amides is 1. The van der Waals surface area contributed by atoms with Crippen LogP contribution in [0.15, 0.2) is 42.5 Å². The van der Waals surface area contributed by atoms with E-state index in [1.165, 1.54) is 26.2 Å². The van der Waals surface area contributed by atoms with Crippen molar-refractivity contribution in [2.75, 3.05) is 20.3 Å². The van der Waals surface area contributed by atoms with Crippen LogP contribution < -0.4 is 20.5 Å². The van der Waals surface area contributed by atoms with Gasteiger partial charge in [-0.1, -0.05) is 11.6 Å². The number of amides is 2. The fourth-order valence-corrected chi connectivity index (χ4v) is 5.98. The van der Waals surface area contributed by atoms with Gasteiger partial charge in [0.1, 0.15) is 46.1 Å². The number of nitrogens with one attached hydrogen (secondary N) is 1. The fourth-order valence-electron chi connectivity index (χ4n) is 5.82. The van der Waals surface area contributed by atoms with Crippen LogP contribution in [-0.2, 0) is 22.0 Å². The molecular formula is C33H29ClF4N4O5. The molecular weight excluding hydrogens is 644 g/mol. The smallest absolute Gasteiger partial charge is 0.419 e. The molecule has 3 heterocycles. The van der Waals surface area contributed by atoms with Crippen molar-refractivity contribution < 1.29 is 41.7 Å². The maximum absolute atomic E-state index is 14.2. The number of aryl methyl sites for hydroxylation is 1. The van der Waals surface area contributed by atoms with E-state index in [-0.39, 0.29) is 52.9 Å². The molecule has 14 heteroatoms. The van der Waals surface area contributed by atoms with Crippen molar-refractivity contribution in [3.63, 3.8) is 0 Å². The SMILES string of the molecule is COc1cc(C(=O)NCC(O)(c2cc3c(c(-c4ccc(F)c(C(F)(F)F)c4)n2)OC[C@]3(C)C(N)=O)C2CC2)cc2cc(Cl)c(C)nc12. The Balaban J connectivity index is 1.42. The van der Waals surface area contributed by atoms with Gasteiger partial charge in [0, 0.05) is 22.1 Å². The van der Waals surface area contributed by atoms with E-state index in [1.807, 2.05) is 0 Å². The van der Waals surface area contributed by atoms with Crippen molar-refractivity contribution in [2.45, 2.75) is 43.9 Å². The molecule has 4 aromatic rings. The van der Waals surface area contributed by atoms with Gasteiger partial charge < -0.3 is 25.6 Å². The topological polar surface area (TPSA) is 137 Å². The molecule has 1 saturated carbocycles. The lowest BCUT2D eigenvalue weighted by Crippen LogP contribution is -2.44. The van der Waals surface area contributed by atoms with E-state index in [4.69, 9.17) is 26.8 Å². The number of rotatable bonds is 8. The molecule has 2 amide bonds. The highest BCUT2D eigenvalue weighted by molar-refractivity contribution is 6.31.